The van der Waals surface area contributed by atoms with Gasteiger partial charge in [0.1, 0.15) is 0 Å². The Bertz CT molecular complexity index is 272. The Morgan fingerprint density at radius 1 is 1.00 bits per heavy atom. The summed E-state index contributed by atoms with van der Waals surface area (Å²) in [7, 11) is 2.09. The van der Waals surface area contributed by atoms with Crippen molar-refractivity contribution in [1.29, 1.82) is 0 Å². The van der Waals surface area contributed by atoms with E-state index in [9.17, 15) is 0 Å². The molecule has 0 aromatic carbocycles. The van der Waals surface area contributed by atoms with Crippen LogP contribution in [0.3, 0.4) is 0 Å². The molecule has 0 amide bonds. The molecule has 4 unspecified atom stereocenters. The number of nitrogens with one attached hydrogen (secondary N) is 1. The molecule has 4 atom stereocenters. The maximum absolute atomic E-state index is 6.23. The van der Waals surface area contributed by atoms with Crippen LogP contribution in [-0.2, 0) is 0 Å². The van der Waals surface area contributed by atoms with E-state index >= 15 is 0 Å². The first kappa shape index (κ1) is 18.9. The lowest BCUT2D eigenvalue weighted by molar-refractivity contribution is 0.0263. The predicted molar refractivity (Wildman–Crippen MR) is 92.7 cm³/mol. The van der Waals surface area contributed by atoms with Crippen LogP contribution < -0.4 is 11.1 Å². The largest absolute Gasteiger partial charge is 0.327 e. The zero-order valence-electron chi connectivity index (χ0n) is 14.9. The van der Waals surface area contributed by atoms with Gasteiger partial charge in [-0.3, -0.25) is 9.80 Å². The minimum absolute atomic E-state index is 0.335. The van der Waals surface area contributed by atoms with Gasteiger partial charge in [-0.2, -0.15) is 0 Å². The molecule has 0 radical (unpaired) electrons. The summed E-state index contributed by atoms with van der Waals surface area (Å²) < 4.78 is 0. The van der Waals surface area contributed by atoms with Gasteiger partial charge in [-0.15, -0.1) is 0 Å². The average molecular weight is 299 g/mol. The maximum atomic E-state index is 6.23. The molecule has 1 rings (SSSR count). The number of piperazine rings is 1. The van der Waals surface area contributed by atoms with E-state index in [1.807, 2.05) is 0 Å². The number of likely N-dealkylation sites (N-methyl/N-ethyl adjacent to an activating group) is 1. The molecule has 1 heterocycles. The molecule has 3 N–H and O–H groups in total. The van der Waals surface area contributed by atoms with Gasteiger partial charge in [-0.1, -0.05) is 26.7 Å². The van der Waals surface area contributed by atoms with Gasteiger partial charge in [-0.05, 0) is 33.7 Å². The highest BCUT2D eigenvalue weighted by Gasteiger charge is 2.31. The zero-order valence-corrected chi connectivity index (χ0v) is 14.9. The van der Waals surface area contributed by atoms with Crippen molar-refractivity contribution in [3.63, 3.8) is 0 Å². The Labute approximate surface area is 132 Å². The molecule has 0 aliphatic carbocycles. The predicted octanol–water partition coefficient (Wildman–Crippen LogP) is 1.90. The van der Waals surface area contributed by atoms with Gasteiger partial charge in [0.25, 0.3) is 0 Å². The summed E-state index contributed by atoms with van der Waals surface area (Å²) in [5, 5.41) is 3.47. The summed E-state index contributed by atoms with van der Waals surface area (Å²) in [6.07, 6.45) is 4.84. The van der Waals surface area contributed by atoms with Crippen LogP contribution in [0.2, 0.25) is 0 Å². The van der Waals surface area contributed by atoms with Crippen molar-refractivity contribution >= 4 is 0 Å². The van der Waals surface area contributed by atoms with Crippen LogP contribution in [0.1, 0.15) is 53.4 Å². The number of nitrogens with two attached hydrogens (primary N) is 1. The molecule has 21 heavy (non-hydrogen) atoms. The van der Waals surface area contributed by atoms with Crippen LogP contribution in [-0.4, -0.2) is 67.2 Å². The van der Waals surface area contributed by atoms with E-state index in [2.05, 4.69) is 49.9 Å². The van der Waals surface area contributed by atoms with Crippen LogP contribution >= 0.6 is 0 Å². The Morgan fingerprint density at radius 3 is 2.00 bits per heavy atom. The second-order valence-corrected chi connectivity index (χ2v) is 6.79. The lowest BCUT2D eigenvalue weighted by Gasteiger charge is -2.46. The summed E-state index contributed by atoms with van der Waals surface area (Å²) in [5.74, 6) is 0. The Hall–Kier alpha value is -0.160. The summed E-state index contributed by atoms with van der Waals surface area (Å²) in [6, 6.07) is 2.17. The van der Waals surface area contributed by atoms with Gasteiger partial charge in [0.2, 0.25) is 0 Å². The molecule has 1 aliphatic rings. The Balaban J connectivity index is 2.49. The Morgan fingerprint density at radius 2 is 1.52 bits per heavy atom. The van der Waals surface area contributed by atoms with Crippen molar-refractivity contribution in [3.8, 4) is 0 Å². The molecule has 0 aromatic heterocycles. The first-order valence-corrected chi connectivity index (χ1v) is 8.94. The zero-order chi connectivity index (χ0) is 15.8. The molecule has 4 heteroatoms. The number of nitrogens with zero attached hydrogens (tertiary/aromatic N) is 2. The highest BCUT2D eigenvalue weighted by molar-refractivity contribution is 4.89. The second-order valence-electron chi connectivity index (χ2n) is 6.79. The SMILES string of the molecule is CCCC(N)CN1CCN(CC(CCC)NC)C(C)C1C. The van der Waals surface area contributed by atoms with Gasteiger partial charge < -0.3 is 11.1 Å². The van der Waals surface area contributed by atoms with E-state index in [1.54, 1.807) is 0 Å². The standard InChI is InChI=1S/C17H38N4/c1-6-8-16(18)12-20-10-11-21(15(4)14(20)3)13-17(19-5)9-7-2/h14-17,19H,6-13,18H2,1-5H3. The third kappa shape index (κ3) is 5.85. The molecule has 0 spiro atoms. The van der Waals surface area contributed by atoms with E-state index in [-0.39, 0.29) is 0 Å². The van der Waals surface area contributed by atoms with Crippen molar-refractivity contribution in [1.82, 2.24) is 15.1 Å². The van der Waals surface area contributed by atoms with Crippen LogP contribution in [0.4, 0.5) is 0 Å². The monoisotopic (exact) mass is 298 g/mol. The number of rotatable bonds is 9. The smallest absolute Gasteiger partial charge is 0.0221 e. The topological polar surface area (TPSA) is 44.5 Å². The van der Waals surface area contributed by atoms with E-state index < -0.39 is 0 Å². The quantitative estimate of drug-likeness (QED) is 0.682. The van der Waals surface area contributed by atoms with Gasteiger partial charge >= 0.3 is 0 Å². The fraction of sp³-hybridized carbons (Fsp3) is 1.00. The van der Waals surface area contributed by atoms with Crippen LogP contribution in [0, 0.1) is 0 Å². The lowest BCUT2D eigenvalue weighted by atomic mass is 10.0. The maximum Gasteiger partial charge on any atom is 0.0221 e. The highest BCUT2D eigenvalue weighted by Crippen LogP contribution is 2.18. The summed E-state index contributed by atoms with van der Waals surface area (Å²) in [6.45, 7) is 13.8. The Kier molecular flexibility index (Phi) is 8.79. The van der Waals surface area contributed by atoms with Gasteiger partial charge in [-0.25, -0.2) is 0 Å². The van der Waals surface area contributed by atoms with Gasteiger partial charge in [0.15, 0.2) is 0 Å². The minimum atomic E-state index is 0.335. The van der Waals surface area contributed by atoms with Crippen molar-refractivity contribution in [2.24, 2.45) is 5.73 Å². The molecule has 1 saturated heterocycles. The minimum Gasteiger partial charge on any atom is -0.327 e. The van der Waals surface area contributed by atoms with Crippen molar-refractivity contribution in [3.05, 3.63) is 0 Å². The van der Waals surface area contributed by atoms with E-state index in [0.29, 0.717) is 24.2 Å². The van der Waals surface area contributed by atoms with E-state index in [4.69, 9.17) is 5.73 Å². The summed E-state index contributed by atoms with van der Waals surface area (Å²) in [5.41, 5.74) is 6.23. The molecule has 0 bridgehead atoms. The molecular formula is C17H38N4. The van der Waals surface area contributed by atoms with Gasteiger partial charge in [0, 0.05) is 50.3 Å². The normalized spacial score (nSPS) is 27.7. The number of hydrogen-bond acceptors (Lipinski definition) is 4. The van der Waals surface area contributed by atoms with Crippen LogP contribution in [0.5, 0.6) is 0 Å². The van der Waals surface area contributed by atoms with Crippen molar-refractivity contribution in [2.75, 3.05) is 33.2 Å². The highest BCUT2D eigenvalue weighted by atomic mass is 15.3. The molecular weight excluding hydrogens is 260 g/mol. The third-order valence-corrected chi connectivity index (χ3v) is 5.15. The van der Waals surface area contributed by atoms with Gasteiger partial charge in [0.05, 0.1) is 0 Å². The molecule has 0 aromatic rings. The lowest BCUT2D eigenvalue weighted by Crippen LogP contribution is -2.60. The third-order valence-electron chi connectivity index (χ3n) is 5.15. The van der Waals surface area contributed by atoms with Crippen molar-refractivity contribution < 1.29 is 0 Å². The van der Waals surface area contributed by atoms with Crippen LogP contribution in [0.15, 0.2) is 0 Å². The summed E-state index contributed by atoms with van der Waals surface area (Å²) >= 11 is 0. The van der Waals surface area contributed by atoms with Crippen molar-refractivity contribution in [2.45, 2.75) is 77.5 Å². The molecule has 1 aliphatic heterocycles. The first-order valence-electron chi connectivity index (χ1n) is 8.94. The van der Waals surface area contributed by atoms with Crippen LogP contribution in [0.25, 0.3) is 0 Å². The molecule has 1 fully saturated rings. The van der Waals surface area contributed by atoms with E-state index in [0.717, 1.165) is 19.5 Å². The van der Waals surface area contributed by atoms with E-state index in [1.165, 1.54) is 32.4 Å². The molecule has 0 saturated carbocycles. The summed E-state index contributed by atoms with van der Waals surface area (Å²) in [4.78, 5) is 5.25. The molecule has 126 valence electrons. The fourth-order valence-corrected chi connectivity index (χ4v) is 3.51. The average Bonchev–Trinajstić information content (AvgIpc) is 2.46. The fourth-order valence-electron chi connectivity index (χ4n) is 3.51. The second kappa shape index (κ2) is 9.78. The first-order chi connectivity index (χ1) is 10.0. The number of hydrogen-bond donors (Lipinski definition) is 2. The molecule has 4 nitrogen and oxygen atoms in total.